The number of likely N-dealkylation sites (N-methyl/N-ethyl adjacent to an activating group) is 2. The third kappa shape index (κ3) is 5.04. The average Bonchev–Trinajstić information content (AvgIpc) is 3.16. The van der Waals surface area contributed by atoms with Gasteiger partial charge in [0.25, 0.3) is 0 Å². The molecule has 1 amide bonds. The SMILES string of the molecule is CN(C)CC(=O)N(C)c1ccc(N=C(c2ccccc2)c2c(O)[nH]c3cc(Cl)ccc23)cc1C#N. The molecule has 0 atom stereocenters. The van der Waals surface area contributed by atoms with E-state index in [0.29, 0.717) is 38.8 Å². The molecular weight excluding hydrogens is 462 g/mol. The second-order valence-corrected chi connectivity index (χ2v) is 8.81. The number of aromatic nitrogens is 1. The van der Waals surface area contributed by atoms with Gasteiger partial charge in [-0.3, -0.25) is 4.79 Å². The summed E-state index contributed by atoms with van der Waals surface area (Å²) in [5.41, 5.74) is 3.88. The molecule has 0 unspecified atom stereocenters. The van der Waals surface area contributed by atoms with E-state index in [0.717, 1.165) is 10.9 Å². The number of nitrogens with one attached hydrogen (secondary N) is 1. The van der Waals surface area contributed by atoms with Crippen LogP contribution in [0.3, 0.4) is 0 Å². The molecule has 1 aromatic heterocycles. The quantitative estimate of drug-likeness (QED) is 0.372. The molecule has 0 saturated carbocycles. The molecule has 0 radical (unpaired) electrons. The van der Waals surface area contributed by atoms with Crippen molar-refractivity contribution in [1.29, 1.82) is 5.26 Å². The summed E-state index contributed by atoms with van der Waals surface area (Å²) in [7, 11) is 5.28. The summed E-state index contributed by atoms with van der Waals surface area (Å²) in [5.74, 6) is -0.161. The number of amides is 1. The van der Waals surface area contributed by atoms with Crippen LogP contribution in [0.4, 0.5) is 11.4 Å². The fraction of sp³-hybridized carbons (Fsp3) is 0.148. The molecule has 4 rings (SSSR count). The second-order valence-electron chi connectivity index (χ2n) is 8.37. The predicted molar refractivity (Wildman–Crippen MR) is 140 cm³/mol. The molecule has 0 fully saturated rings. The molecule has 0 aliphatic heterocycles. The van der Waals surface area contributed by atoms with Gasteiger partial charge in [0.2, 0.25) is 5.91 Å². The van der Waals surface area contributed by atoms with Crippen LogP contribution in [0.5, 0.6) is 5.88 Å². The first kappa shape index (κ1) is 24.0. The molecule has 3 aromatic carbocycles. The van der Waals surface area contributed by atoms with E-state index >= 15 is 0 Å². The van der Waals surface area contributed by atoms with Crippen LogP contribution in [0.1, 0.15) is 16.7 Å². The Hall–Kier alpha value is -4.12. The van der Waals surface area contributed by atoms with Crippen LogP contribution < -0.4 is 4.90 Å². The maximum atomic E-state index is 12.5. The molecule has 2 N–H and O–H groups in total. The minimum absolute atomic E-state index is 0.0315. The normalized spacial score (nSPS) is 11.6. The zero-order chi connectivity index (χ0) is 25.1. The van der Waals surface area contributed by atoms with Gasteiger partial charge in [-0.2, -0.15) is 5.26 Å². The number of rotatable bonds is 6. The summed E-state index contributed by atoms with van der Waals surface area (Å²) in [4.78, 5) is 23.6. The van der Waals surface area contributed by atoms with E-state index in [1.54, 1.807) is 42.3 Å². The Morgan fingerprint density at radius 3 is 2.51 bits per heavy atom. The zero-order valence-corrected chi connectivity index (χ0v) is 20.3. The number of nitriles is 1. The number of halogens is 1. The number of aromatic amines is 1. The van der Waals surface area contributed by atoms with Crippen molar-refractivity contribution in [3.8, 4) is 11.9 Å². The van der Waals surface area contributed by atoms with E-state index in [4.69, 9.17) is 16.6 Å². The Kier molecular flexibility index (Phi) is 6.87. The van der Waals surface area contributed by atoms with Crippen LogP contribution in [0.25, 0.3) is 10.9 Å². The molecule has 0 aliphatic carbocycles. The van der Waals surface area contributed by atoms with Crippen molar-refractivity contribution in [3.63, 3.8) is 0 Å². The highest BCUT2D eigenvalue weighted by atomic mass is 35.5. The third-order valence-corrected chi connectivity index (χ3v) is 5.79. The van der Waals surface area contributed by atoms with Crippen LogP contribution in [0.15, 0.2) is 71.7 Å². The highest BCUT2D eigenvalue weighted by Crippen LogP contribution is 2.33. The summed E-state index contributed by atoms with van der Waals surface area (Å²) in [5, 5.41) is 21.9. The molecule has 0 bridgehead atoms. The highest BCUT2D eigenvalue weighted by molar-refractivity contribution is 6.31. The number of H-pyrrole nitrogens is 1. The number of hydrogen-bond acceptors (Lipinski definition) is 5. The first-order chi connectivity index (χ1) is 16.8. The van der Waals surface area contributed by atoms with E-state index in [2.05, 4.69) is 11.1 Å². The lowest BCUT2D eigenvalue weighted by Crippen LogP contribution is -2.35. The lowest BCUT2D eigenvalue weighted by atomic mass is 10.0. The van der Waals surface area contributed by atoms with E-state index in [1.165, 1.54) is 4.90 Å². The van der Waals surface area contributed by atoms with Crippen molar-refractivity contribution < 1.29 is 9.90 Å². The number of hydrogen-bond donors (Lipinski definition) is 2. The second kappa shape index (κ2) is 10.0. The largest absolute Gasteiger partial charge is 0.494 e. The maximum absolute atomic E-state index is 12.5. The Morgan fingerprint density at radius 1 is 1.09 bits per heavy atom. The highest BCUT2D eigenvalue weighted by Gasteiger charge is 2.20. The smallest absolute Gasteiger partial charge is 0.240 e. The van der Waals surface area contributed by atoms with Crippen molar-refractivity contribution in [1.82, 2.24) is 9.88 Å². The van der Waals surface area contributed by atoms with Crippen molar-refractivity contribution in [2.24, 2.45) is 4.99 Å². The van der Waals surface area contributed by atoms with Crippen LogP contribution in [-0.2, 0) is 4.79 Å². The molecule has 1 heterocycles. The Bertz CT molecular complexity index is 1470. The van der Waals surface area contributed by atoms with Crippen molar-refractivity contribution in [2.45, 2.75) is 0 Å². The van der Waals surface area contributed by atoms with Gasteiger partial charge in [-0.1, -0.05) is 48.0 Å². The molecular formula is C27H24ClN5O2. The molecule has 8 heteroatoms. The summed E-state index contributed by atoms with van der Waals surface area (Å²) in [6, 6.07) is 22.1. The molecule has 35 heavy (non-hydrogen) atoms. The van der Waals surface area contributed by atoms with Crippen LogP contribution >= 0.6 is 11.6 Å². The molecule has 0 saturated heterocycles. The van der Waals surface area contributed by atoms with Gasteiger partial charge in [-0.05, 0) is 44.4 Å². The summed E-state index contributed by atoms with van der Waals surface area (Å²) in [6.45, 7) is 0.225. The minimum atomic E-state index is -0.130. The lowest BCUT2D eigenvalue weighted by Gasteiger charge is -2.21. The van der Waals surface area contributed by atoms with E-state index < -0.39 is 0 Å². The van der Waals surface area contributed by atoms with Gasteiger partial charge in [-0.25, -0.2) is 4.99 Å². The Balaban J connectivity index is 1.85. The molecule has 176 valence electrons. The minimum Gasteiger partial charge on any atom is -0.494 e. The first-order valence-corrected chi connectivity index (χ1v) is 11.3. The number of fused-ring (bicyclic) bond motifs is 1. The summed E-state index contributed by atoms with van der Waals surface area (Å²) >= 11 is 6.14. The van der Waals surface area contributed by atoms with Crippen molar-refractivity contribution in [3.05, 3.63) is 88.4 Å². The van der Waals surface area contributed by atoms with Gasteiger partial charge in [0.05, 0.1) is 40.3 Å². The number of carbonyl (C=O) groups excluding carboxylic acids is 1. The number of carbonyl (C=O) groups is 1. The van der Waals surface area contributed by atoms with Gasteiger partial charge < -0.3 is 19.9 Å². The van der Waals surface area contributed by atoms with Crippen LogP contribution in [0.2, 0.25) is 5.02 Å². The van der Waals surface area contributed by atoms with Crippen LogP contribution in [-0.4, -0.2) is 54.3 Å². The van der Waals surface area contributed by atoms with Gasteiger partial charge in [0, 0.05) is 23.0 Å². The fourth-order valence-electron chi connectivity index (χ4n) is 3.87. The standard InChI is InChI=1S/C27H24ClN5O2/c1-32(2)16-24(34)33(3)23-12-10-20(13-18(23)15-29)30-26(17-7-5-4-6-8-17)25-21-11-9-19(28)14-22(21)31-27(25)35/h4-14,31,35H,16H2,1-3H3. The van der Waals surface area contributed by atoms with E-state index in [-0.39, 0.29) is 18.3 Å². The maximum Gasteiger partial charge on any atom is 0.240 e. The predicted octanol–water partition coefficient (Wildman–Crippen LogP) is 5.09. The zero-order valence-electron chi connectivity index (χ0n) is 19.6. The summed E-state index contributed by atoms with van der Waals surface area (Å²) in [6.07, 6.45) is 0. The topological polar surface area (TPSA) is 95.7 Å². The van der Waals surface area contributed by atoms with Crippen molar-refractivity contribution in [2.75, 3.05) is 32.6 Å². The molecule has 7 nitrogen and oxygen atoms in total. The third-order valence-electron chi connectivity index (χ3n) is 5.55. The average molecular weight is 486 g/mol. The molecule has 0 spiro atoms. The number of aliphatic imine (C=N–C) groups is 1. The Labute approximate surface area is 208 Å². The van der Waals surface area contributed by atoms with Gasteiger partial charge in [0.1, 0.15) is 6.07 Å². The first-order valence-electron chi connectivity index (χ1n) is 10.9. The fourth-order valence-corrected chi connectivity index (χ4v) is 4.04. The van der Waals surface area contributed by atoms with Crippen LogP contribution in [0, 0.1) is 11.3 Å². The number of aromatic hydroxyl groups is 1. The number of benzene rings is 3. The Morgan fingerprint density at radius 2 is 1.83 bits per heavy atom. The van der Waals surface area contributed by atoms with Gasteiger partial charge >= 0.3 is 0 Å². The molecule has 4 aromatic rings. The van der Waals surface area contributed by atoms with Crippen molar-refractivity contribution >= 4 is 45.5 Å². The van der Waals surface area contributed by atoms with Gasteiger partial charge in [-0.15, -0.1) is 0 Å². The molecule has 0 aliphatic rings. The van der Waals surface area contributed by atoms with Gasteiger partial charge in [0.15, 0.2) is 5.88 Å². The number of nitrogens with zero attached hydrogens (tertiary/aromatic N) is 4. The number of anilines is 1. The monoisotopic (exact) mass is 485 g/mol. The lowest BCUT2D eigenvalue weighted by molar-refractivity contribution is -0.118. The van der Waals surface area contributed by atoms with E-state index in [1.807, 2.05) is 50.5 Å². The van der Waals surface area contributed by atoms with E-state index in [9.17, 15) is 15.2 Å². The summed E-state index contributed by atoms with van der Waals surface area (Å²) < 4.78 is 0.